The SMILES string of the molecule is CC(=O)C(O)[C@H]1OC(O)[C@@](O)(C(C)=O)[C@@]1(O)C(C)=O. The molecule has 0 amide bonds. The van der Waals surface area contributed by atoms with E-state index in [4.69, 9.17) is 0 Å². The zero-order chi connectivity index (χ0) is 15.2. The maximum Gasteiger partial charge on any atom is 0.212 e. The number of hydrogen-bond donors (Lipinski definition) is 4. The summed E-state index contributed by atoms with van der Waals surface area (Å²) >= 11 is 0. The summed E-state index contributed by atoms with van der Waals surface area (Å²) in [6.07, 6.45) is -6.15. The summed E-state index contributed by atoms with van der Waals surface area (Å²) in [5.74, 6) is -3.10. The molecule has 1 saturated heterocycles. The molecule has 0 aromatic rings. The Bertz CT molecular complexity index is 432. The Kier molecular flexibility index (Phi) is 3.95. The average Bonchev–Trinajstić information content (AvgIpc) is 2.51. The molecule has 108 valence electrons. The lowest BCUT2D eigenvalue weighted by atomic mass is 9.74. The van der Waals surface area contributed by atoms with Crippen LogP contribution in [0.1, 0.15) is 20.8 Å². The minimum absolute atomic E-state index is 0.836. The largest absolute Gasteiger partial charge is 0.382 e. The molecular formula is C11H16O8. The number of ketones is 3. The highest BCUT2D eigenvalue weighted by atomic mass is 16.7. The summed E-state index contributed by atoms with van der Waals surface area (Å²) in [7, 11) is 0. The molecule has 1 aliphatic rings. The lowest BCUT2D eigenvalue weighted by Gasteiger charge is -2.36. The minimum atomic E-state index is -2.94. The summed E-state index contributed by atoms with van der Waals surface area (Å²) in [6, 6.07) is 0. The first-order chi connectivity index (χ1) is 8.51. The average molecular weight is 276 g/mol. The van der Waals surface area contributed by atoms with E-state index in [1.54, 1.807) is 0 Å². The van der Waals surface area contributed by atoms with E-state index in [0.29, 0.717) is 0 Å². The smallest absolute Gasteiger partial charge is 0.212 e. The van der Waals surface area contributed by atoms with Gasteiger partial charge in [-0.3, -0.25) is 14.4 Å². The third-order valence-electron chi connectivity index (χ3n) is 3.40. The lowest BCUT2D eigenvalue weighted by molar-refractivity contribution is -0.197. The number of aliphatic hydroxyl groups is 4. The van der Waals surface area contributed by atoms with Crippen molar-refractivity contribution >= 4 is 17.3 Å². The predicted molar refractivity (Wildman–Crippen MR) is 58.8 cm³/mol. The Labute approximate surface area is 108 Å². The summed E-state index contributed by atoms with van der Waals surface area (Å²) in [4.78, 5) is 34.2. The molecule has 4 N–H and O–H groups in total. The van der Waals surface area contributed by atoms with Crippen LogP contribution in [0.3, 0.4) is 0 Å². The van der Waals surface area contributed by atoms with Gasteiger partial charge in [0.05, 0.1) is 0 Å². The van der Waals surface area contributed by atoms with Crippen molar-refractivity contribution in [3.8, 4) is 0 Å². The van der Waals surface area contributed by atoms with Crippen molar-refractivity contribution < 1.29 is 39.5 Å². The molecule has 5 atom stereocenters. The summed E-state index contributed by atoms with van der Waals surface area (Å²) in [5.41, 5.74) is -5.86. The van der Waals surface area contributed by atoms with Crippen molar-refractivity contribution in [3.63, 3.8) is 0 Å². The van der Waals surface area contributed by atoms with Crippen LogP contribution in [0.25, 0.3) is 0 Å². The monoisotopic (exact) mass is 276 g/mol. The van der Waals surface area contributed by atoms with Gasteiger partial charge < -0.3 is 25.2 Å². The van der Waals surface area contributed by atoms with E-state index in [0.717, 1.165) is 20.8 Å². The molecule has 0 saturated carbocycles. The quantitative estimate of drug-likeness (QED) is 0.434. The van der Waals surface area contributed by atoms with Crippen LogP contribution in [0, 0.1) is 0 Å². The van der Waals surface area contributed by atoms with Gasteiger partial charge in [0.25, 0.3) is 0 Å². The maximum absolute atomic E-state index is 11.6. The second-order valence-electron chi connectivity index (χ2n) is 4.61. The van der Waals surface area contributed by atoms with Crippen molar-refractivity contribution in [1.82, 2.24) is 0 Å². The fraction of sp³-hybridized carbons (Fsp3) is 0.727. The Morgan fingerprint density at radius 2 is 1.47 bits per heavy atom. The Balaban J connectivity index is 3.43. The molecule has 1 heterocycles. The number of aliphatic hydroxyl groups excluding tert-OH is 2. The molecule has 1 aliphatic heterocycles. The third-order valence-corrected chi connectivity index (χ3v) is 3.40. The van der Waals surface area contributed by atoms with E-state index in [9.17, 15) is 34.8 Å². The van der Waals surface area contributed by atoms with Crippen molar-refractivity contribution in [1.29, 1.82) is 0 Å². The fourth-order valence-electron chi connectivity index (χ4n) is 2.17. The van der Waals surface area contributed by atoms with Crippen molar-refractivity contribution in [2.75, 3.05) is 0 Å². The first-order valence-electron chi connectivity index (χ1n) is 5.50. The summed E-state index contributed by atoms with van der Waals surface area (Å²) in [5, 5.41) is 39.6. The Morgan fingerprint density at radius 1 is 1.05 bits per heavy atom. The molecule has 0 radical (unpaired) electrons. The summed E-state index contributed by atoms with van der Waals surface area (Å²) < 4.78 is 4.68. The van der Waals surface area contributed by atoms with Crippen LogP contribution in [-0.4, -0.2) is 67.5 Å². The Hall–Kier alpha value is -1.19. The molecule has 1 rings (SSSR count). The highest BCUT2D eigenvalue weighted by Crippen LogP contribution is 2.42. The van der Waals surface area contributed by atoms with E-state index in [-0.39, 0.29) is 0 Å². The van der Waals surface area contributed by atoms with Gasteiger partial charge in [-0.1, -0.05) is 0 Å². The molecule has 8 nitrogen and oxygen atoms in total. The molecule has 2 unspecified atom stereocenters. The molecule has 0 aromatic heterocycles. The number of Topliss-reactive ketones (excluding diaryl/α,β-unsaturated/α-hetero) is 3. The first-order valence-corrected chi connectivity index (χ1v) is 5.50. The topological polar surface area (TPSA) is 141 Å². The van der Waals surface area contributed by atoms with Crippen molar-refractivity contribution in [2.24, 2.45) is 0 Å². The zero-order valence-electron chi connectivity index (χ0n) is 10.7. The number of hydrogen-bond acceptors (Lipinski definition) is 8. The molecule has 0 aliphatic carbocycles. The third kappa shape index (κ3) is 1.92. The molecule has 0 bridgehead atoms. The highest BCUT2D eigenvalue weighted by molar-refractivity contribution is 5.99. The first kappa shape index (κ1) is 15.9. The van der Waals surface area contributed by atoms with Gasteiger partial charge in [0.15, 0.2) is 29.2 Å². The molecule has 0 aromatic carbocycles. The highest BCUT2D eigenvalue weighted by Gasteiger charge is 2.72. The van der Waals surface area contributed by atoms with Gasteiger partial charge in [-0.05, 0) is 20.8 Å². The normalized spacial score (nSPS) is 39.9. The molecule has 0 spiro atoms. The summed E-state index contributed by atoms with van der Waals surface area (Å²) in [6.45, 7) is 2.64. The standard InChI is InChI=1S/C11H16O8/c1-4(12)7(15)8-10(17,5(2)13)11(18,6(3)14)9(16)19-8/h7-9,15-18H,1-3H3/t7?,8-,9?,10-,11+/m1/s1. The molecule has 1 fully saturated rings. The van der Waals surface area contributed by atoms with Crippen LogP contribution < -0.4 is 0 Å². The Morgan fingerprint density at radius 3 is 1.79 bits per heavy atom. The maximum atomic E-state index is 11.6. The van der Waals surface area contributed by atoms with Gasteiger partial charge >= 0.3 is 0 Å². The van der Waals surface area contributed by atoms with Gasteiger partial charge in [0, 0.05) is 0 Å². The molecule has 8 heteroatoms. The van der Waals surface area contributed by atoms with Crippen LogP contribution in [0.2, 0.25) is 0 Å². The van der Waals surface area contributed by atoms with Gasteiger partial charge in [0.1, 0.15) is 12.2 Å². The fourth-order valence-corrected chi connectivity index (χ4v) is 2.17. The second kappa shape index (κ2) is 4.73. The van der Waals surface area contributed by atoms with E-state index < -0.39 is 47.0 Å². The van der Waals surface area contributed by atoms with Crippen molar-refractivity contribution in [2.45, 2.75) is 50.5 Å². The van der Waals surface area contributed by atoms with Crippen LogP contribution in [0.5, 0.6) is 0 Å². The van der Waals surface area contributed by atoms with E-state index in [2.05, 4.69) is 4.74 Å². The number of carbonyl (C=O) groups excluding carboxylic acids is 3. The van der Waals surface area contributed by atoms with Gasteiger partial charge in [0.2, 0.25) is 5.60 Å². The number of rotatable bonds is 4. The van der Waals surface area contributed by atoms with Crippen molar-refractivity contribution in [3.05, 3.63) is 0 Å². The minimum Gasteiger partial charge on any atom is -0.382 e. The van der Waals surface area contributed by atoms with E-state index in [1.165, 1.54) is 0 Å². The zero-order valence-corrected chi connectivity index (χ0v) is 10.7. The van der Waals surface area contributed by atoms with E-state index in [1.807, 2.05) is 0 Å². The predicted octanol–water partition coefficient (Wildman–Crippen LogP) is -2.71. The number of carbonyl (C=O) groups is 3. The van der Waals surface area contributed by atoms with Crippen LogP contribution in [0.4, 0.5) is 0 Å². The second-order valence-corrected chi connectivity index (χ2v) is 4.61. The van der Waals surface area contributed by atoms with Crippen LogP contribution >= 0.6 is 0 Å². The van der Waals surface area contributed by atoms with Gasteiger partial charge in [-0.15, -0.1) is 0 Å². The lowest BCUT2D eigenvalue weighted by Crippen LogP contribution is -2.68. The van der Waals surface area contributed by atoms with Crippen LogP contribution in [0.15, 0.2) is 0 Å². The van der Waals surface area contributed by atoms with E-state index >= 15 is 0 Å². The van der Waals surface area contributed by atoms with Crippen LogP contribution in [-0.2, 0) is 19.1 Å². The number of ether oxygens (including phenoxy) is 1. The molecular weight excluding hydrogens is 260 g/mol. The van der Waals surface area contributed by atoms with Gasteiger partial charge in [-0.2, -0.15) is 0 Å². The van der Waals surface area contributed by atoms with Gasteiger partial charge in [-0.25, -0.2) is 0 Å². The molecule has 19 heavy (non-hydrogen) atoms.